The molecule has 0 radical (unpaired) electrons. The average molecular weight is 558 g/mol. The van der Waals surface area contributed by atoms with Gasteiger partial charge in [0.1, 0.15) is 0 Å². The standard InChI is InChI=1S/C25H28Cl4N4O2/c1-3-22(18-12-10-16(26)14-20(18)28)30-32-24(34)8-6-5-7-9-25(35)33-31-23(4-2)19-13-11-17(27)15-21(19)29/h10-15H,3-9H2,1-2H3,(H,32,34)(H,33,35)/b30-22-,31-23-. The summed E-state index contributed by atoms with van der Waals surface area (Å²) in [5.74, 6) is -0.384. The van der Waals surface area contributed by atoms with E-state index in [1.807, 2.05) is 13.8 Å². The van der Waals surface area contributed by atoms with Crippen LogP contribution < -0.4 is 10.9 Å². The molecular weight excluding hydrogens is 530 g/mol. The van der Waals surface area contributed by atoms with Gasteiger partial charge in [-0.15, -0.1) is 0 Å². The first-order valence-electron chi connectivity index (χ1n) is 11.4. The molecule has 0 aliphatic rings. The molecule has 0 bridgehead atoms. The fourth-order valence-electron chi connectivity index (χ4n) is 3.23. The van der Waals surface area contributed by atoms with Gasteiger partial charge in [0.2, 0.25) is 11.8 Å². The quantitative estimate of drug-likeness (QED) is 0.162. The Morgan fingerprint density at radius 2 is 1.09 bits per heavy atom. The Labute approximate surface area is 226 Å². The van der Waals surface area contributed by atoms with Crippen molar-refractivity contribution in [3.63, 3.8) is 0 Å². The SMILES string of the molecule is CC/C(=N/NC(=O)CCCCCC(=O)N/N=C(/CC)c1ccc(Cl)cc1Cl)c1ccc(Cl)cc1Cl. The Morgan fingerprint density at radius 3 is 1.43 bits per heavy atom. The summed E-state index contributed by atoms with van der Waals surface area (Å²) in [4.78, 5) is 24.3. The van der Waals surface area contributed by atoms with Crippen LogP contribution in [0.1, 0.15) is 69.9 Å². The second-order valence-electron chi connectivity index (χ2n) is 7.70. The minimum atomic E-state index is -0.192. The van der Waals surface area contributed by atoms with Crippen molar-refractivity contribution in [2.24, 2.45) is 10.2 Å². The number of hydrazone groups is 2. The molecule has 35 heavy (non-hydrogen) atoms. The largest absolute Gasteiger partial charge is 0.273 e. The molecule has 188 valence electrons. The van der Waals surface area contributed by atoms with Gasteiger partial charge in [0.05, 0.1) is 21.5 Å². The molecule has 0 aliphatic carbocycles. The van der Waals surface area contributed by atoms with Crippen LogP contribution in [-0.4, -0.2) is 23.2 Å². The van der Waals surface area contributed by atoms with E-state index in [-0.39, 0.29) is 11.8 Å². The second-order valence-corrected chi connectivity index (χ2v) is 9.39. The molecule has 10 heteroatoms. The molecule has 2 rings (SSSR count). The molecule has 0 saturated heterocycles. The van der Waals surface area contributed by atoms with Crippen LogP contribution in [0.5, 0.6) is 0 Å². The lowest BCUT2D eigenvalue weighted by atomic mass is 10.1. The van der Waals surface area contributed by atoms with Crippen LogP contribution >= 0.6 is 46.4 Å². The van der Waals surface area contributed by atoms with Gasteiger partial charge in [0.25, 0.3) is 0 Å². The highest BCUT2D eigenvalue weighted by Gasteiger charge is 2.10. The number of amides is 2. The van der Waals surface area contributed by atoms with E-state index in [9.17, 15) is 9.59 Å². The van der Waals surface area contributed by atoms with Crippen LogP contribution in [0.3, 0.4) is 0 Å². The number of nitrogens with one attached hydrogen (secondary N) is 2. The first kappa shape index (κ1) is 29.1. The lowest BCUT2D eigenvalue weighted by Gasteiger charge is -2.08. The Kier molecular flexibility index (Phi) is 12.6. The van der Waals surface area contributed by atoms with E-state index >= 15 is 0 Å². The molecule has 0 fully saturated rings. The lowest BCUT2D eigenvalue weighted by molar-refractivity contribution is -0.121. The van der Waals surface area contributed by atoms with Crippen molar-refractivity contribution in [1.82, 2.24) is 10.9 Å². The van der Waals surface area contributed by atoms with E-state index in [4.69, 9.17) is 46.4 Å². The minimum absolute atomic E-state index is 0.192. The zero-order chi connectivity index (χ0) is 25.8. The fourth-order valence-corrected chi connectivity index (χ4v) is 4.26. The van der Waals surface area contributed by atoms with Crippen molar-refractivity contribution in [3.05, 3.63) is 67.6 Å². The molecule has 2 aromatic rings. The summed E-state index contributed by atoms with van der Waals surface area (Å²) < 4.78 is 0. The number of halogens is 4. The predicted molar refractivity (Wildman–Crippen MR) is 146 cm³/mol. The Hall–Kier alpha value is -2.12. The van der Waals surface area contributed by atoms with E-state index < -0.39 is 0 Å². The molecule has 2 aromatic carbocycles. The monoisotopic (exact) mass is 556 g/mol. The molecule has 2 N–H and O–H groups in total. The summed E-state index contributed by atoms with van der Waals surface area (Å²) in [6.07, 6.45) is 3.82. The van der Waals surface area contributed by atoms with Crippen molar-refractivity contribution >= 4 is 69.6 Å². The van der Waals surface area contributed by atoms with Crippen molar-refractivity contribution in [3.8, 4) is 0 Å². The van der Waals surface area contributed by atoms with E-state index in [0.717, 1.165) is 17.5 Å². The van der Waals surface area contributed by atoms with Gasteiger partial charge < -0.3 is 0 Å². The third-order valence-electron chi connectivity index (χ3n) is 5.09. The van der Waals surface area contributed by atoms with Crippen LogP contribution in [0.4, 0.5) is 0 Å². The molecule has 0 aliphatic heterocycles. The molecule has 0 saturated carbocycles. The highest BCUT2D eigenvalue weighted by Crippen LogP contribution is 2.23. The highest BCUT2D eigenvalue weighted by atomic mass is 35.5. The minimum Gasteiger partial charge on any atom is -0.273 e. The number of hydrogen-bond acceptors (Lipinski definition) is 4. The number of carbonyl (C=O) groups excluding carboxylic acids is 2. The Bertz CT molecular complexity index is 1020. The maximum absolute atomic E-state index is 12.1. The molecular formula is C25H28Cl4N4O2. The normalized spacial score (nSPS) is 11.9. The number of rotatable bonds is 12. The summed E-state index contributed by atoms with van der Waals surface area (Å²) >= 11 is 24.3. The van der Waals surface area contributed by atoms with Crippen LogP contribution in [0, 0.1) is 0 Å². The third kappa shape index (κ3) is 9.80. The predicted octanol–water partition coefficient (Wildman–Crippen LogP) is 7.41. The van der Waals surface area contributed by atoms with Gasteiger partial charge in [-0.2, -0.15) is 10.2 Å². The molecule has 0 heterocycles. The van der Waals surface area contributed by atoms with E-state index in [2.05, 4.69) is 21.1 Å². The van der Waals surface area contributed by atoms with E-state index in [1.54, 1.807) is 36.4 Å². The number of unbranched alkanes of at least 4 members (excludes halogenated alkanes) is 2. The fraction of sp³-hybridized carbons (Fsp3) is 0.360. The van der Waals surface area contributed by atoms with Gasteiger partial charge in [0, 0.05) is 34.0 Å². The van der Waals surface area contributed by atoms with Crippen LogP contribution in [0.15, 0.2) is 46.6 Å². The number of carbonyl (C=O) groups is 2. The Morgan fingerprint density at radius 1 is 0.686 bits per heavy atom. The smallest absolute Gasteiger partial charge is 0.240 e. The molecule has 0 spiro atoms. The van der Waals surface area contributed by atoms with Crippen molar-refractivity contribution < 1.29 is 9.59 Å². The maximum Gasteiger partial charge on any atom is 0.240 e. The Balaban J connectivity index is 1.73. The summed E-state index contributed by atoms with van der Waals surface area (Å²) in [6.45, 7) is 3.86. The highest BCUT2D eigenvalue weighted by molar-refractivity contribution is 6.37. The summed E-state index contributed by atoms with van der Waals surface area (Å²) in [5, 5.41) is 10.5. The first-order chi connectivity index (χ1) is 16.7. The summed E-state index contributed by atoms with van der Waals surface area (Å²) in [7, 11) is 0. The topological polar surface area (TPSA) is 82.9 Å². The third-order valence-corrected chi connectivity index (χ3v) is 6.19. The molecule has 6 nitrogen and oxygen atoms in total. The van der Waals surface area contributed by atoms with Crippen LogP contribution in [-0.2, 0) is 9.59 Å². The molecule has 0 aromatic heterocycles. The van der Waals surface area contributed by atoms with Crippen LogP contribution in [0.25, 0.3) is 0 Å². The zero-order valence-electron chi connectivity index (χ0n) is 19.6. The molecule has 0 unspecified atom stereocenters. The van der Waals surface area contributed by atoms with Crippen molar-refractivity contribution in [1.29, 1.82) is 0 Å². The van der Waals surface area contributed by atoms with Crippen LogP contribution in [0.2, 0.25) is 20.1 Å². The van der Waals surface area contributed by atoms with Crippen molar-refractivity contribution in [2.45, 2.75) is 58.8 Å². The zero-order valence-corrected chi connectivity index (χ0v) is 22.7. The van der Waals surface area contributed by atoms with Gasteiger partial charge in [-0.05, 0) is 49.9 Å². The first-order valence-corrected chi connectivity index (χ1v) is 12.9. The lowest BCUT2D eigenvalue weighted by Crippen LogP contribution is -2.20. The maximum atomic E-state index is 12.1. The molecule has 2 amide bonds. The average Bonchev–Trinajstić information content (AvgIpc) is 2.81. The molecule has 0 atom stereocenters. The summed E-state index contributed by atoms with van der Waals surface area (Å²) in [6, 6.07) is 10.3. The van der Waals surface area contributed by atoms with Gasteiger partial charge in [-0.3, -0.25) is 9.59 Å². The number of benzene rings is 2. The van der Waals surface area contributed by atoms with E-state index in [0.29, 0.717) is 70.0 Å². The van der Waals surface area contributed by atoms with Crippen molar-refractivity contribution in [2.75, 3.05) is 0 Å². The second kappa shape index (κ2) is 15.1. The van der Waals surface area contributed by atoms with Gasteiger partial charge in [-0.1, -0.05) is 78.8 Å². The van der Waals surface area contributed by atoms with Gasteiger partial charge in [-0.25, -0.2) is 10.9 Å². The van der Waals surface area contributed by atoms with Gasteiger partial charge in [0.15, 0.2) is 0 Å². The van der Waals surface area contributed by atoms with Gasteiger partial charge >= 0.3 is 0 Å². The summed E-state index contributed by atoms with van der Waals surface area (Å²) in [5.41, 5.74) is 7.96. The number of hydrogen-bond donors (Lipinski definition) is 2. The number of nitrogens with zero attached hydrogens (tertiary/aromatic N) is 2. The van der Waals surface area contributed by atoms with E-state index in [1.165, 1.54) is 0 Å².